The Morgan fingerprint density at radius 1 is 1.57 bits per heavy atom. The van der Waals surface area contributed by atoms with Crippen molar-refractivity contribution >= 4 is 16.7 Å². The number of H-pyrrole nitrogens is 1. The minimum Gasteiger partial charge on any atom is -0.345 e. The maximum atomic E-state index is 10.6. The SMILES string of the molecule is N#Cc1cc2[nH]cnc2cc1[N+](=O)[O-]. The number of hydrogen-bond acceptors (Lipinski definition) is 4. The van der Waals surface area contributed by atoms with Crippen molar-refractivity contribution in [3.63, 3.8) is 0 Å². The van der Waals surface area contributed by atoms with Crippen molar-refractivity contribution in [1.29, 1.82) is 5.26 Å². The van der Waals surface area contributed by atoms with Crippen molar-refractivity contribution in [2.24, 2.45) is 0 Å². The summed E-state index contributed by atoms with van der Waals surface area (Å²) in [5, 5.41) is 19.2. The number of nitriles is 1. The summed E-state index contributed by atoms with van der Waals surface area (Å²) in [5.74, 6) is 0. The summed E-state index contributed by atoms with van der Waals surface area (Å²) in [6.07, 6.45) is 1.43. The molecule has 68 valence electrons. The Bertz CT molecular complexity index is 552. The Morgan fingerprint density at radius 3 is 3.00 bits per heavy atom. The van der Waals surface area contributed by atoms with Gasteiger partial charge in [0.05, 0.1) is 22.3 Å². The molecule has 0 aliphatic carbocycles. The number of nitrogens with one attached hydrogen (secondary N) is 1. The molecule has 1 aromatic heterocycles. The highest BCUT2D eigenvalue weighted by Gasteiger charge is 2.15. The normalized spacial score (nSPS) is 9.93. The topological polar surface area (TPSA) is 95.6 Å². The Morgan fingerprint density at radius 2 is 2.36 bits per heavy atom. The highest BCUT2D eigenvalue weighted by molar-refractivity contribution is 5.80. The molecule has 0 saturated heterocycles. The van der Waals surface area contributed by atoms with E-state index >= 15 is 0 Å². The first kappa shape index (κ1) is 8.19. The van der Waals surface area contributed by atoms with E-state index in [4.69, 9.17) is 5.26 Å². The number of aromatic amines is 1. The van der Waals surface area contributed by atoms with Gasteiger partial charge >= 0.3 is 0 Å². The highest BCUT2D eigenvalue weighted by Crippen LogP contribution is 2.22. The fourth-order valence-corrected chi connectivity index (χ4v) is 1.21. The molecule has 0 aliphatic rings. The van der Waals surface area contributed by atoms with Gasteiger partial charge in [0.1, 0.15) is 11.6 Å². The third kappa shape index (κ3) is 1.08. The molecule has 0 amide bonds. The van der Waals surface area contributed by atoms with Crippen LogP contribution >= 0.6 is 0 Å². The van der Waals surface area contributed by atoms with Crippen LogP contribution in [0, 0.1) is 21.4 Å². The second kappa shape index (κ2) is 2.81. The van der Waals surface area contributed by atoms with Gasteiger partial charge in [-0.1, -0.05) is 0 Å². The summed E-state index contributed by atoms with van der Waals surface area (Å²) >= 11 is 0. The van der Waals surface area contributed by atoms with E-state index < -0.39 is 4.92 Å². The van der Waals surface area contributed by atoms with E-state index in [1.54, 1.807) is 6.07 Å². The molecule has 0 saturated carbocycles. The molecule has 0 bridgehead atoms. The molecule has 1 aromatic carbocycles. The van der Waals surface area contributed by atoms with Crippen molar-refractivity contribution in [2.75, 3.05) is 0 Å². The van der Waals surface area contributed by atoms with Gasteiger partial charge in [-0.15, -0.1) is 0 Å². The summed E-state index contributed by atoms with van der Waals surface area (Å²) < 4.78 is 0. The van der Waals surface area contributed by atoms with E-state index in [1.165, 1.54) is 18.5 Å². The van der Waals surface area contributed by atoms with Crippen LogP contribution in [-0.4, -0.2) is 14.9 Å². The van der Waals surface area contributed by atoms with Gasteiger partial charge in [-0.2, -0.15) is 5.26 Å². The quantitative estimate of drug-likeness (QED) is 0.539. The molecular formula is C8H4N4O2. The van der Waals surface area contributed by atoms with Crippen LogP contribution in [0.5, 0.6) is 0 Å². The van der Waals surface area contributed by atoms with Gasteiger partial charge in [-0.3, -0.25) is 10.1 Å². The van der Waals surface area contributed by atoms with Gasteiger partial charge in [-0.05, 0) is 6.07 Å². The van der Waals surface area contributed by atoms with Gasteiger partial charge in [0.2, 0.25) is 0 Å². The number of fused-ring (bicyclic) bond motifs is 1. The van der Waals surface area contributed by atoms with Gasteiger partial charge in [0.15, 0.2) is 0 Å². The second-order valence-corrected chi connectivity index (χ2v) is 2.66. The van der Waals surface area contributed by atoms with Crippen LogP contribution in [0.1, 0.15) is 5.56 Å². The third-order valence-corrected chi connectivity index (χ3v) is 1.85. The number of imidazole rings is 1. The molecule has 1 N–H and O–H groups in total. The average molecular weight is 188 g/mol. The predicted octanol–water partition coefficient (Wildman–Crippen LogP) is 1.34. The molecule has 0 radical (unpaired) electrons. The number of benzene rings is 1. The van der Waals surface area contributed by atoms with E-state index in [2.05, 4.69) is 9.97 Å². The number of rotatable bonds is 1. The number of nitro benzene ring substituents is 1. The molecule has 0 fully saturated rings. The van der Waals surface area contributed by atoms with E-state index in [-0.39, 0.29) is 11.3 Å². The van der Waals surface area contributed by atoms with E-state index in [0.29, 0.717) is 11.0 Å². The Hall–Kier alpha value is -2.42. The second-order valence-electron chi connectivity index (χ2n) is 2.66. The summed E-state index contributed by atoms with van der Waals surface area (Å²) in [6, 6.07) is 4.47. The Labute approximate surface area is 78.0 Å². The lowest BCUT2D eigenvalue weighted by atomic mass is 10.2. The molecule has 6 heteroatoms. The predicted molar refractivity (Wildman–Crippen MR) is 47.5 cm³/mol. The maximum Gasteiger partial charge on any atom is 0.289 e. The molecule has 14 heavy (non-hydrogen) atoms. The van der Waals surface area contributed by atoms with E-state index in [1.807, 2.05) is 0 Å². The largest absolute Gasteiger partial charge is 0.345 e. The van der Waals surface area contributed by atoms with Crippen LogP contribution in [0.15, 0.2) is 18.5 Å². The monoisotopic (exact) mass is 188 g/mol. The van der Waals surface area contributed by atoms with Crippen LogP contribution in [0.2, 0.25) is 0 Å². The molecule has 0 atom stereocenters. The van der Waals surface area contributed by atoms with Gasteiger partial charge in [0, 0.05) is 6.07 Å². The molecule has 2 rings (SSSR count). The zero-order chi connectivity index (χ0) is 10.1. The lowest BCUT2D eigenvalue weighted by Crippen LogP contribution is -1.92. The van der Waals surface area contributed by atoms with Gasteiger partial charge < -0.3 is 4.98 Å². The maximum absolute atomic E-state index is 10.6. The fourth-order valence-electron chi connectivity index (χ4n) is 1.21. The molecule has 0 aliphatic heterocycles. The first-order chi connectivity index (χ1) is 6.72. The number of hydrogen-bond donors (Lipinski definition) is 1. The highest BCUT2D eigenvalue weighted by atomic mass is 16.6. The summed E-state index contributed by atoms with van der Waals surface area (Å²) in [5.41, 5.74) is 0.918. The summed E-state index contributed by atoms with van der Waals surface area (Å²) in [7, 11) is 0. The molecule has 2 aromatic rings. The summed E-state index contributed by atoms with van der Waals surface area (Å²) in [6.45, 7) is 0. The van der Waals surface area contributed by atoms with Crippen molar-refractivity contribution in [2.45, 2.75) is 0 Å². The number of aromatic nitrogens is 2. The van der Waals surface area contributed by atoms with Crippen LogP contribution in [0.4, 0.5) is 5.69 Å². The average Bonchev–Trinajstić information content (AvgIpc) is 2.62. The molecule has 0 unspecified atom stereocenters. The van der Waals surface area contributed by atoms with Crippen LogP contribution < -0.4 is 0 Å². The third-order valence-electron chi connectivity index (χ3n) is 1.85. The Kier molecular flexibility index (Phi) is 1.65. The van der Waals surface area contributed by atoms with Crippen molar-refractivity contribution < 1.29 is 4.92 Å². The molecule has 0 spiro atoms. The summed E-state index contributed by atoms with van der Waals surface area (Å²) in [4.78, 5) is 16.6. The van der Waals surface area contributed by atoms with Crippen LogP contribution in [0.25, 0.3) is 11.0 Å². The number of nitro groups is 1. The lowest BCUT2D eigenvalue weighted by Gasteiger charge is -1.93. The Balaban J connectivity index is 2.81. The van der Waals surface area contributed by atoms with Gasteiger partial charge in [-0.25, -0.2) is 4.98 Å². The van der Waals surface area contributed by atoms with Crippen molar-refractivity contribution in [3.05, 3.63) is 34.1 Å². The van der Waals surface area contributed by atoms with Crippen LogP contribution in [-0.2, 0) is 0 Å². The first-order valence-electron chi connectivity index (χ1n) is 3.74. The smallest absolute Gasteiger partial charge is 0.289 e. The standard InChI is InChI=1S/C8H4N4O2/c9-3-5-1-6-7(11-4-10-6)2-8(5)12(13)14/h1-2,4H,(H,10,11). The zero-order valence-electron chi connectivity index (χ0n) is 6.89. The lowest BCUT2D eigenvalue weighted by molar-refractivity contribution is -0.385. The van der Waals surface area contributed by atoms with E-state index in [9.17, 15) is 10.1 Å². The fraction of sp³-hybridized carbons (Fsp3) is 0. The number of nitrogens with zero attached hydrogens (tertiary/aromatic N) is 3. The van der Waals surface area contributed by atoms with Crippen molar-refractivity contribution in [1.82, 2.24) is 9.97 Å². The van der Waals surface area contributed by atoms with Gasteiger partial charge in [0.25, 0.3) is 5.69 Å². The molecular weight excluding hydrogens is 184 g/mol. The zero-order valence-corrected chi connectivity index (χ0v) is 6.89. The first-order valence-corrected chi connectivity index (χ1v) is 3.74. The minimum atomic E-state index is -0.591. The molecule has 1 heterocycles. The van der Waals surface area contributed by atoms with Crippen molar-refractivity contribution in [3.8, 4) is 6.07 Å². The molecule has 6 nitrogen and oxygen atoms in total. The van der Waals surface area contributed by atoms with E-state index in [0.717, 1.165) is 0 Å². The van der Waals surface area contributed by atoms with Crippen LogP contribution in [0.3, 0.4) is 0 Å². The minimum absolute atomic E-state index is 0.0340.